The third-order valence-corrected chi connectivity index (χ3v) is 18.7. The Morgan fingerprint density at radius 2 is 0.563 bits per heavy atom. The van der Waals surface area contributed by atoms with Crippen molar-refractivity contribution < 1.29 is 23.1 Å². The van der Waals surface area contributed by atoms with E-state index in [2.05, 4.69) is 394 Å². The lowest BCUT2D eigenvalue weighted by molar-refractivity contribution is -0.744. The van der Waals surface area contributed by atoms with Crippen molar-refractivity contribution >= 4 is 92.7 Å². The molecule has 0 spiro atoms. The van der Waals surface area contributed by atoms with Gasteiger partial charge in [-0.05, 0) is 135 Å². The summed E-state index contributed by atoms with van der Waals surface area (Å²) >= 11 is 0. The molecule has 0 saturated carbocycles. The number of aryl methyl sites for hydroxylation is 11. The molecular weight excluding hydrogens is 1540 g/mol. The van der Waals surface area contributed by atoms with Gasteiger partial charge in [-0.1, -0.05) is 374 Å². The number of hydrogen-bond acceptors (Lipinski definition) is 0. The molecule has 9 aromatic carbocycles. The first-order chi connectivity index (χ1) is 60.3. The lowest BCUT2D eigenvalue weighted by Gasteiger charge is -2.08. The zero-order valence-corrected chi connectivity index (χ0v) is 84.1. The van der Waals surface area contributed by atoms with E-state index in [1.165, 1.54) is 138 Å². The van der Waals surface area contributed by atoms with E-state index in [1.54, 1.807) is 0 Å². The van der Waals surface area contributed by atoms with Crippen LogP contribution in [0.5, 0.6) is 0 Å². The standard InChI is InChI=1S/2C19H17N2.C18H18N3.C17H15N2.C11H13N2.14C2H6.3CH4/c1-14-8-3-5-11-17(14)21-18-12-6-4-9-15(18)16-10-7-13-20(2)19(16)21;1-14-8-7-10-16-15-9-3-4-11-17(15)21(19(14)16)18-12-5-6-13-20(18)2;1-13-7-6-9-15-14-8-4-5-10-16(14)21(17(13)15)18-19(2)11-12-20(18)3;1-12-6-5-9-15-13-7-3-4-8-14(13)16-10-11-18(2)19(16)17(12)15;1-10-6-3-4-7-11(10)13-9-5-8-12(13)2;14*1-2;;;/h2*3-13H,1-2H3;4-12H,1-3H3;3-11H,1-2H3;3-9H,1-2H3;14*1-2H3;3*1H4/q5*+1;;;;;;;;;;;;;;;;;. The summed E-state index contributed by atoms with van der Waals surface area (Å²) in [5, 5.41) is 11.8. The Bertz CT molecular complexity index is 5720. The summed E-state index contributed by atoms with van der Waals surface area (Å²) in [4.78, 5) is 0. The van der Waals surface area contributed by atoms with Crippen LogP contribution in [0.15, 0.2) is 286 Å². The van der Waals surface area contributed by atoms with Gasteiger partial charge in [0.1, 0.15) is 50.0 Å². The highest BCUT2D eigenvalue weighted by atomic mass is 15.4. The van der Waals surface area contributed by atoms with Gasteiger partial charge in [0.2, 0.25) is 0 Å². The molecule has 18 rings (SSSR count). The fourth-order valence-corrected chi connectivity index (χ4v) is 14.2. The summed E-state index contributed by atoms with van der Waals surface area (Å²) in [6, 6.07) is 85.8. The van der Waals surface area contributed by atoms with Gasteiger partial charge in [0.25, 0.3) is 11.5 Å². The van der Waals surface area contributed by atoms with Crippen molar-refractivity contribution in [3.05, 3.63) is 314 Å². The first-order valence-electron chi connectivity index (χ1n) is 46.5. The first-order valence-corrected chi connectivity index (χ1v) is 46.5. The second kappa shape index (κ2) is 66.8. The van der Waals surface area contributed by atoms with Gasteiger partial charge in [0.05, 0.1) is 64.6 Å². The number of aromatic nitrogens is 11. The second-order valence-electron chi connectivity index (χ2n) is 24.9. The molecule has 18 aromatic rings. The molecule has 9 aromatic heterocycles. The molecule has 11 nitrogen and oxygen atoms in total. The van der Waals surface area contributed by atoms with Crippen LogP contribution in [0.4, 0.5) is 0 Å². The Kier molecular flexibility index (Phi) is 63.9. The zero-order valence-electron chi connectivity index (χ0n) is 84.1. The summed E-state index contributed by atoms with van der Waals surface area (Å²) in [5.41, 5.74) is 19.1. The number of nitrogens with zero attached hydrogens (tertiary/aromatic N) is 11. The topological polar surface area (TPSA) is 48.5 Å². The molecule has 0 unspecified atom stereocenters. The van der Waals surface area contributed by atoms with Gasteiger partial charge in [0.15, 0.2) is 26.5 Å². The van der Waals surface area contributed by atoms with Gasteiger partial charge in [0, 0.05) is 55.9 Å². The Labute approximate surface area is 768 Å². The number of fused-ring (bicyclic) bond motifs is 15. The normalized spacial score (nSPS) is 9.20. The summed E-state index contributed by atoms with van der Waals surface area (Å²) < 4.78 is 24.4. The molecule has 126 heavy (non-hydrogen) atoms. The largest absolute Gasteiger partial charge is 0.369 e. The van der Waals surface area contributed by atoms with E-state index in [4.69, 9.17) is 0 Å². The van der Waals surface area contributed by atoms with Crippen molar-refractivity contribution in [1.82, 2.24) is 27.5 Å². The Morgan fingerprint density at radius 3 is 0.992 bits per heavy atom. The highest BCUT2D eigenvalue weighted by molar-refractivity contribution is 6.14. The molecule has 11 heteroatoms. The molecule has 686 valence electrons. The van der Waals surface area contributed by atoms with Gasteiger partial charge in [-0.2, -0.15) is 13.7 Å². The minimum atomic E-state index is 0. The molecular formula is C115H176N11+5. The van der Waals surface area contributed by atoms with Gasteiger partial charge >= 0.3 is 5.95 Å². The molecule has 9 heterocycles. The van der Waals surface area contributed by atoms with Gasteiger partial charge in [-0.25, -0.2) is 18.3 Å². The molecule has 0 N–H and O–H groups in total. The zero-order chi connectivity index (χ0) is 93.6. The molecule has 0 atom stereocenters. The van der Waals surface area contributed by atoms with Gasteiger partial charge < -0.3 is 0 Å². The van der Waals surface area contributed by atoms with E-state index >= 15 is 0 Å². The highest BCUT2D eigenvalue weighted by Gasteiger charge is 2.26. The van der Waals surface area contributed by atoms with Crippen molar-refractivity contribution in [3.63, 3.8) is 0 Å². The minimum absolute atomic E-state index is 0. The fraction of sp³-hybridized carbons (Fsp3) is 0.365. The maximum absolute atomic E-state index is 2.36. The quantitative estimate of drug-likeness (QED) is 0.125. The predicted octanol–water partition coefficient (Wildman–Crippen LogP) is 32.4. The van der Waals surface area contributed by atoms with Crippen LogP contribution in [0.25, 0.3) is 116 Å². The van der Waals surface area contributed by atoms with E-state index in [1.807, 2.05) is 213 Å². The van der Waals surface area contributed by atoms with Crippen LogP contribution in [-0.2, 0) is 42.3 Å². The first kappa shape index (κ1) is 121. The lowest BCUT2D eigenvalue weighted by Crippen LogP contribution is -2.36. The van der Waals surface area contributed by atoms with Crippen LogP contribution in [-0.4, -0.2) is 27.5 Å². The lowest BCUT2D eigenvalue weighted by atomic mass is 10.0. The third kappa shape index (κ3) is 28.4. The predicted molar refractivity (Wildman–Crippen MR) is 568 cm³/mol. The molecule has 0 radical (unpaired) electrons. The smallest absolute Gasteiger partial charge is 0.237 e. The number of rotatable bonds is 4. The van der Waals surface area contributed by atoms with Crippen LogP contribution < -0.4 is 23.1 Å². The van der Waals surface area contributed by atoms with E-state index in [0.29, 0.717) is 0 Å². The molecule has 0 fully saturated rings. The number of pyridine rings is 3. The molecule has 0 aliphatic carbocycles. The van der Waals surface area contributed by atoms with Crippen LogP contribution in [0.2, 0.25) is 0 Å². The molecule has 0 bridgehead atoms. The van der Waals surface area contributed by atoms with E-state index in [9.17, 15) is 0 Å². The molecule has 0 saturated heterocycles. The summed E-state index contributed by atoms with van der Waals surface area (Å²) in [6.07, 6.45) is 14.6. The van der Waals surface area contributed by atoms with Gasteiger partial charge in [-0.15, -0.1) is 18.6 Å². The van der Waals surface area contributed by atoms with E-state index in [0.717, 1.165) is 5.95 Å². The Morgan fingerprint density at radius 1 is 0.222 bits per heavy atom. The van der Waals surface area contributed by atoms with Crippen LogP contribution in [0, 0.1) is 34.6 Å². The Hall–Kier alpha value is -11.7. The highest BCUT2D eigenvalue weighted by Crippen LogP contribution is 2.36. The number of benzene rings is 9. The van der Waals surface area contributed by atoms with Crippen molar-refractivity contribution in [2.75, 3.05) is 0 Å². The van der Waals surface area contributed by atoms with Crippen molar-refractivity contribution in [1.29, 1.82) is 0 Å². The van der Waals surface area contributed by atoms with Crippen molar-refractivity contribution in [2.24, 2.45) is 42.3 Å². The fourth-order valence-electron chi connectivity index (χ4n) is 14.2. The number of hydrogen-bond donors (Lipinski definition) is 0. The van der Waals surface area contributed by atoms with Gasteiger partial charge in [-0.3, -0.25) is 0 Å². The third-order valence-electron chi connectivity index (χ3n) is 18.7. The van der Waals surface area contributed by atoms with E-state index < -0.39 is 0 Å². The number of imidazole rings is 1. The van der Waals surface area contributed by atoms with Crippen LogP contribution in [0.1, 0.15) is 244 Å². The summed E-state index contributed by atoms with van der Waals surface area (Å²) in [7, 11) is 12.5. The average Bonchev–Trinajstić information content (AvgIpc) is 1.54. The molecule has 0 aliphatic heterocycles. The van der Waals surface area contributed by atoms with Crippen molar-refractivity contribution in [2.45, 2.75) is 251 Å². The Balaban J connectivity index is -0.000000688. The second-order valence-corrected chi connectivity index (χ2v) is 24.9. The van der Waals surface area contributed by atoms with E-state index in [-0.39, 0.29) is 22.3 Å². The molecule has 0 aliphatic rings. The summed E-state index contributed by atoms with van der Waals surface area (Å²) in [6.45, 7) is 66.8. The minimum Gasteiger partial charge on any atom is -0.237 e. The summed E-state index contributed by atoms with van der Waals surface area (Å²) in [5.74, 6) is 2.34. The molecule has 0 amide bonds. The maximum Gasteiger partial charge on any atom is 0.369 e. The number of para-hydroxylation sites is 8. The van der Waals surface area contributed by atoms with Crippen molar-refractivity contribution in [3.8, 4) is 23.1 Å². The monoisotopic (exact) mass is 1710 g/mol. The van der Waals surface area contributed by atoms with Crippen LogP contribution in [0.3, 0.4) is 0 Å². The average molecular weight is 1710 g/mol. The maximum atomic E-state index is 2.36. The van der Waals surface area contributed by atoms with Crippen LogP contribution >= 0.6 is 0 Å². The SMILES string of the molecule is C.C.C.CC.CC.CC.CC.CC.CC.CC.CC.CC.CC.CC.CC.CC.CC.Cc1cccc2c3ccccc3c3cc[n+](C)n3c12.Cc1cccc2c3ccccc3n(-c3cccc[n+]3C)c12.Cc1cccc2c3ccccc3n(-c3n(C)cc[n+]3C)c12.Cc1ccccc1-n1c2ccccc2c2ccc[n+](C)c21.Cc1ccccc1-n1ccc[n+]1C.